The van der Waals surface area contributed by atoms with Gasteiger partial charge in [0.1, 0.15) is 18.1 Å². The molecule has 0 bridgehead atoms. The van der Waals surface area contributed by atoms with E-state index >= 15 is 0 Å². The van der Waals surface area contributed by atoms with E-state index in [0.717, 1.165) is 0 Å². The van der Waals surface area contributed by atoms with Gasteiger partial charge in [-0.05, 0) is 56.6 Å². The standard InChI is InChI=1S/C22H41N5O7S/c1-13(2)12-17(27-19(30)14(24)6-4-5-10-23)21(32)25-15(7-8-18(28)29)20(31)26-16(22(33)34)9-11-35-3/h13-17H,4-12,23-24H2,1-3H3,(H,25,32)(H,26,31)(H,27,30)(H,28,29)(H,33,34). The van der Waals surface area contributed by atoms with Crippen LogP contribution in [0.25, 0.3) is 0 Å². The third-order valence-corrected chi connectivity index (χ3v) is 5.80. The summed E-state index contributed by atoms with van der Waals surface area (Å²) in [7, 11) is 0. The number of carboxylic acid groups (broad SMARTS) is 2. The first-order valence-electron chi connectivity index (χ1n) is 11.7. The molecule has 0 fully saturated rings. The summed E-state index contributed by atoms with van der Waals surface area (Å²) in [6.45, 7) is 4.18. The summed E-state index contributed by atoms with van der Waals surface area (Å²) in [6.07, 6.45) is 3.31. The van der Waals surface area contributed by atoms with Gasteiger partial charge in [0.05, 0.1) is 6.04 Å². The average Bonchev–Trinajstić information content (AvgIpc) is 2.77. The Morgan fingerprint density at radius 3 is 1.91 bits per heavy atom. The van der Waals surface area contributed by atoms with Crippen LogP contribution < -0.4 is 27.4 Å². The summed E-state index contributed by atoms with van der Waals surface area (Å²) in [5.74, 6) is -3.92. The van der Waals surface area contributed by atoms with Crippen LogP contribution in [-0.2, 0) is 24.0 Å². The van der Waals surface area contributed by atoms with Gasteiger partial charge in [0.25, 0.3) is 0 Å². The molecule has 0 saturated carbocycles. The Kier molecular flexibility index (Phi) is 16.7. The minimum atomic E-state index is -1.29. The second kappa shape index (κ2) is 18.0. The van der Waals surface area contributed by atoms with Crippen molar-refractivity contribution in [3.05, 3.63) is 0 Å². The predicted molar refractivity (Wildman–Crippen MR) is 134 cm³/mol. The molecule has 3 amide bonds. The summed E-state index contributed by atoms with van der Waals surface area (Å²) in [5.41, 5.74) is 11.4. The molecule has 0 aromatic rings. The number of aliphatic carboxylic acids is 2. The molecule has 13 heteroatoms. The number of carbonyl (C=O) groups excluding carboxylic acids is 3. The van der Waals surface area contributed by atoms with Crippen molar-refractivity contribution in [3.63, 3.8) is 0 Å². The van der Waals surface area contributed by atoms with Crippen LogP contribution in [0.15, 0.2) is 0 Å². The molecule has 0 spiro atoms. The topological polar surface area (TPSA) is 214 Å². The molecule has 0 saturated heterocycles. The van der Waals surface area contributed by atoms with Crippen molar-refractivity contribution in [2.75, 3.05) is 18.6 Å². The molecule has 0 aromatic carbocycles. The van der Waals surface area contributed by atoms with Gasteiger partial charge in [-0.3, -0.25) is 19.2 Å². The maximum Gasteiger partial charge on any atom is 0.326 e. The Balaban J connectivity index is 5.46. The first-order chi connectivity index (χ1) is 16.4. The predicted octanol–water partition coefficient (Wildman–Crippen LogP) is -0.354. The van der Waals surface area contributed by atoms with Gasteiger partial charge < -0.3 is 37.6 Å². The maximum atomic E-state index is 13.0. The fraction of sp³-hybridized carbons (Fsp3) is 0.773. The van der Waals surface area contributed by atoms with Crippen LogP contribution in [0.1, 0.15) is 58.8 Å². The third kappa shape index (κ3) is 14.6. The van der Waals surface area contributed by atoms with Crippen LogP contribution in [-0.4, -0.2) is 82.6 Å². The van der Waals surface area contributed by atoms with E-state index in [4.69, 9.17) is 16.6 Å². The smallest absolute Gasteiger partial charge is 0.326 e. The Labute approximate surface area is 210 Å². The molecule has 0 heterocycles. The van der Waals surface area contributed by atoms with Crippen molar-refractivity contribution >= 4 is 41.4 Å². The fourth-order valence-corrected chi connectivity index (χ4v) is 3.67. The third-order valence-electron chi connectivity index (χ3n) is 5.15. The highest BCUT2D eigenvalue weighted by Gasteiger charge is 2.30. The van der Waals surface area contributed by atoms with E-state index in [1.54, 1.807) is 6.26 Å². The zero-order chi connectivity index (χ0) is 27.0. The van der Waals surface area contributed by atoms with E-state index in [9.17, 15) is 29.1 Å². The van der Waals surface area contributed by atoms with Gasteiger partial charge in [0.2, 0.25) is 17.7 Å². The SMILES string of the molecule is CSCCC(NC(=O)C(CCC(=O)O)NC(=O)C(CC(C)C)NC(=O)C(N)CCCCN)C(=O)O. The zero-order valence-corrected chi connectivity index (χ0v) is 21.6. The van der Waals surface area contributed by atoms with Crippen molar-refractivity contribution in [2.24, 2.45) is 17.4 Å². The van der Waals surface area contributed by atoms with Crippen LogP contribution >= 0.6 is 11.8 Å². The molecular formula is C22H41N5O7S. The Morgan fingerprint density at radius 1 is 0.829 bits per heavy atom. The summed E-state index contributed by atoms with van der Waals surface area (Å²) in [6, 6.07) is -4.31. The number of carboxylic acids is 2. The monoisotopic (exact) mass is 519 g/mol. The summed E-state index contributed by atoms with van der Waals surface area (Å²) in [4.78, 5) is 60.9. The van der Waals surface area contributed by atoms with Crippen LogP contribution in [0.3, 0.4) is 0 Å². The number of hydrogen-bond acceptors (Lipinski definition) is 8. The first-order valence-corrected chi connectivity index (χ1v) is 13.1. The molecule has 0 aliphatic heterocycles. The maximum absolute atomic E-state index is 13.0. The molecule has 9 N–H and O–H groups in total. The molecule has 0 rings (SSSR count). The van der Waals surface area contributed by atoms with Crippen molar-refractivity contribution in [1.29, 1.82) is 0 Å². The molecule has 0 aliphatic carbocycles. The number of nitrogens with one attached hydrogen (secondary N) is 3. The summed E-state index contributed by atoms with van der Waals surface area (Å²) < 4.78 is 0. The highest BCUT2D eigenvalue weighted by Crippen LogP contribution is 2.09. The summed E-state index contributed by atoms with van der Waals surface area (Å²) in [5, 5.41) is 25.9. The van der Waals surface area contributed by atoms with Gasteiger partial charge in [-0.2, -0.15) is 11.8 Å². The molecule has 0 aromatic heterocycles. The highest BCUT2D eigenvalue weighted by atomic mass is 32.2. The molecule has 0 aliphatic rings. The lowest BCUT2D eigenvalue weighted by atomic mass is 10.0. The second-order valence-electron chi connectivity index (χ2n) is 8.76. The molecular weight excluding hydrogens is 478 g/mol. The summed E-state index contributed by atoms with van der Waals surface area (Å²) >= 11 is 1.41. The Hall–Kier alpha value is -2.38. The fourth-order valence-electron chi connectivity index (χ4n) is 3.20. The van der Waals surface area contributed by atoms with E-state index in [0.29, 0.717) is 31.6 Å². The first kappa shape index (κ1) is 32.6. The number of nitrogens with two attached hydrogens (primary N) is 2. The van der Waals surface area contributed by atoms with E-state index in [1.807, 2.05) is 13.8 Å². The average molecular weight is 520 g/mol. The van der Waals surface area contributed by atoms with Crippen molar-refractivity contribution in [2.45, 2.75) is 83.0 Å². The number of rotatable bonds is 19. The van der Waals surface area contributed by atoms with Crippen molar-refractivity contribution in [3.8, 4) is 0 Å². The number of hydrogen-bond donors (Lipinski definition) is 7. The molecule has 12 nitrogen and oxygen atoms in total. The van der Waals surface area contributed by atoms with Gasteiger partial charge in [-0.25, -0.2) is 4.79 Å². The van der Waals surface area contributed by atoms with E-state index in [1.165, 1.54) is 11.8 Å². The Morgan fingerprint density at radius 2 is 1.40 bits per heavy atom. The molecule has 4 atom stereocenters. The van der Waals surface area contributed by atoms with E-state index in [-0.39, 0.29) is 25.2 Å². The molecule has 0 radical (unpaired) electrons. The van der Waals surface area contributed by atoms with Gasteiger partial charge in [0.15, 0.2) is 0 Å². The van der Waals surface area contributed by atoms with Crippen LogP contribution in [0.4, 0.5) is 0 Å². The lowest BCUT2D eigenvalue weighted by molar-refractivity contribution is -0.143. The van der Waals surface area contributed by atoms with E-state index in [2.05, 4.69) is 16.0 Å². The molecule has 35 heavy (non-hydrogen) atoms. The number of unbranched alkanes of at least 4 members (excludes halogenated alkanes) is 1. The van der Waals surface area contributed by atoms with Gasteiger partial charge in [-0.1, -0.05) is 20.3 Å². The minimum absolute atomic E-state index is 0.00810. The quantitative estimate of drug-likeness (QED) is 0.110. The van der Waals surface area contributed by atoms with Crippen LogP contribution in [0.2, 0.25) is 0 Å². The number of carbonyl (C=O) groups is 5. The van der Waals surface area contributed by atoms with Crippen molar-refractivity contribution in [1.82, 2.24) is 16.0 Å². The van der Waals surface area contributed by atoms with Gasteiger partial charge in [0, 0.05) is 6.42 Å². The number of amides is 3. The molecule has 4 unspecified atom stereocenters. The lowest BCUT2D eigenvalue weighted by Gasteiger charge is -2.26. The normalized spacial score (nSPS) is 14.5. The Bertz CT molecular complexity index is 708. The molecule has 202 valence electrons. The second-order valence-corrected chi connectivity index (χ2v) is 9.74. The minimum Gasteiger partial charge on any atom is -0.481 e. The van der Waals surface area contributed by atoms with Gasteiger partial charge in [-0.15, -0.1) is 0 Å². The van der Waals surface area contributed by atoms with Crippen LogP contribution in [0, 0.1) is 5.92 Å². The largest absolute Gasteiger partial charge is 0.481 e. The zero-order valence-electron chi connectivity index (χ0n) is 20.7. The van der Waals surface area contributed by atoms with Gasteiger partial charge >= 0.3 is 11.9 Å². The van der Waals surface area contributed by atoms with E-state index < -0.39 is 60.2 Å². The van der Waals surface area contributed by atoms with Crippen LogP contribution in [0.5, 0.6) is 0 Å². The number of thioether (sulfide) groups is 1. The lowest BCUT2D eigenvalue weighted by Crippen LogP contribution is -2.57. The highest BCUT2D eigenvalue weighted by molar-refractivity contribution is 7.98. The van der Waals surface area contributed by atoms with Crippen molar-refractivity contribution < 1.29 is 34.2 Å².